The minimum Gasteiger partial charge on any atom is -0.390 e. The molecule has 0 bridgehead atoms. The number of aliphatic hydroxyl groups excluding tert-OH is 1. The number of β-amino-alcohol motifs (C(OH)–C–C–N with tert-alkyl or cyclic N) is 1. The Bertz CT molecular complexity index is 297. The minimum atomic E-state index is -0.109. The van der Waals surface area contributed by atoms with Crippen molar-refractivity contribution in [3.63, 3.8) is 0 Å². The van der Waals surface area contributed by atoms with Crippen molar-refractivity contribution in [3.05, 3.63) is 34.3 Å². The molecule has 2 rings (SSSR count). The summed E-state index contributed by atoms with van der Waals surface area (Å²) in [5, 5.41) is 9.11. The van der Waals surface area contributed by atoms with Crippen molar-refractivity contribution in [3.8, 4) is 0 Å². The maximum Gasteiger partial charge on any atom is 0.0794 e. The Balaban J connectivity index is 1.98. The van der Waals surface area contributed by atoms with Gasteiger partial charge in [-0.3, -0.25) is 4.90 Å². The summed E-state index contributed by atoms with van der Waals surface area (Å²) in [5.74, 6) is 0. The van der Waals surface area contributed by atoms with E-state index in [-0.39, 0.29) is 6.10 Å². The van der Waals surface area contributed by atoms with Crippen LogP contribution in [0.15, 0.2) is 28.7 Å². The van der Waals surface area contributed by atoms with Crippen LogP contribution in [-0.4, -0.2) is 29.2 Å². The molecule has 1 aliphatic heterocycles. The average molecular weight is 242 g/mol. The lowest BCUT2D eigenvalue weighted by molar-refractivity contribution is -0.00297. The van der Waals surface area contributed by atoms with Crippen LogP contribution in [0.2, 0.25) is 0 Å². The van der Waals surface area contributed by atoms with Gasteiger partial charge in [-0.05, 0) is 11.6 Å². The maximum atomic E-state index is 9.11. The van der Waals surface area contributed by atoms with Gasteiger partial charge in [-0.25, -0.2) is 0 Å². The third kappa shape index (κ3) is 2.10. The number of likely N-dealkylation sites (tertiary alicyclic amines) is 1. The minimum absolute atomic E-state index is 0.109. The summed E-state index contributed by atoms with van der Waals surface area (Å²) < 4.78 is 1.15. The third-order valence-corrected chi connectivity index (χ3v) is 3.06. The predicted octanol–water partition coefficient (Wildman–Crippen LogP) is 1.63. The summed E-state index contributed by atoms with van der Waals surface area (Å²) >= 11 is 3.50. The lowest BCUT2D eigenvalue weighted by Gasteiger charge is -2.35. The Morgan fingerprint density at radius 3 is 2.69 bits per heavy atom. The van der Waals surface area contributed by atoms with E-state index in [1.165, 1.54) is 5.56 Å². The first-order valence-electron chi connectivity index (χ1n) is 4.39. The molecule has 0 radical (unpaired) electrons. The van der Waals surface area contributed by atoms with Crippen molar-refractivity contribution >= 4 is 15.9 Å². The molecule has 3 heteroatoms. The number of hydrogen-bond donors (Lipinski definition) is 1. The molecule has 0 unspecified atom stereocenters. The predicted molar refractivity (Wildman–Crippen MR) is 55.4 cm³/mol. The van der Waals surface area contributed by atoms with E-state index in [2.05, 4.69) is 26.9 Å². The lowest BCUT2D eigenvalue weighted by atomic mass is 10.1. The van der Waals surface area contributed by atoms with Crippen LogP contribution in [0.3, 0.4) is 0 Å². The summed E-state index contributed by atoms with van der Waals surface area (Å²) in [5.41, 5.74) is 1.29. The van der Waals surface area contributed by atoms with E-state index < -0.39 is 0 Å². The largest absolute Gasteiger partial charge is 0.390 e. The second-order valence-corrected chi connectivity index (χ2v) is 4.29. The van der Waals surface area contributed by atoms with Crippen LogP contribution in [0.5, 0.6) is 0 Å². The second kappa shape index (κ2) is 3.78. The fourth-order valence-electron chi connectivity index (χ4n) is 1.54. The standard InChI is InChI=1S/C10H12BrNO/c11-10-4-2-1-3-8(10)5-12-6-9(13)7-12/h1-4,9,13H,5-7H2. The van der Waals surface area contributed by atoms with E-state index in [4.69, 9.17) is 5.11 Å². The Labute approximate surface area is 86.3 Å². The monoisotopic (exact) mass is 241 g/mol. The van der Waals surface area contributed by atoms with E-state index in [0.717, 1.165) is 24.1 Å². The van der Waals surface area contributed by atoms with Crippen molar-refractivity contribution in [1.82, 2.24) is 4.90 Å². The molecule has 0 aliphatic carbocycles. The highest BCUT2D eigenvalue weighted by molar-refractivity contribution is 9.10. The van der Waals surface area contributed by atoms with Crippen LogP contribution in [0, 0.1) is 0 Å². The molecule has 0 atom stereocenters. The summed E-state index contributed by atoms with van der Waals surface area (Å²) in [6, 6.07) is 8.20. The molecule has 0 aromatic heterocycles. The molecular weight excluding hydrogens is 230 g/mol. The van der Waals surface area contributed by atoms with E-state index in [1.807, 2.05) is 18.2 Å². The van der Waals surface area contributed by atoms with Gasteiger partial charge in [0.05, 0.1) is 6.10 Å². The topological polar surface area (TPSA) is 23.5 Å². The van der Waals surface area contributed by atoms with Crippen LogP contribution < -0.4 is 0 Å². The van der Waals surface area contributed by atoms with Crippen molar-refractivity contribution in [2.24, 2.45) is 0 Å². The second-order valence-electron chi connectivity index (χ2n) is 3.44. The third-order valence-electron chi connectivity index (χ3n) is 2.29. The normalized spacial score (nSPS) is 18.6. The van der Waals surface area contributed by atoms with E-state index in [9.17, 15) is 0 Å². The highest BCUT2D eigenvalue weighted by atomic mass is 79.9. The number of hydrogen-bond acceptors (Lipinski definition) is 2. The van der Waals surface area contributed by atoms with Crippen LogP contribution in [-0.2, 0) is 6.54 Å². The van der Waals surface area contributed by atoms with Gasteiger partial charge in [-0.1, -0.05) is 34.1 Å². The number of rotatable bonds is 2. The molecule has 13 heavy (non-hydrogen) atoms. The first-order chi connectivity index (χ1) is 6.25. The molecule has 1 aromatic rings. The zero-order chi connectivity index (χ0) is 9.26. The lowest BCUT2D eigenvalue weighted by Crippen LogP contribution is -2.49. The van der Waals surface area contributed by atoms with Crippen molar-refractivity contribution in [1.29, 1.82) is 0 Å². The molecule has 70 valence electrons. The van der Waals surface area contributed by atoms with Crippen molar-refractivity contribution < 1.29 is 5.11 Å². The zero-order valence-corrected chi connectivity index (χ0v) is 8.87. The summed E-state index contributed by atoms with van der Waals surface area (Å²) in [7, 11) is 0. The molecule has 1 fully saturated rings. The smallest absolute Gasteiger partial charge is 0.0794 e. The first kappa shape index (κ1) is 9.19. The summed E-state index contributed by atoms with van der Waals surface area (Å²) in [6.45, 7) is 2.54. The molecular formula is C10H12BrNO. The summed E-state index contributed by atoms with van der Waals surface area (Å²) in [4.78, 5) is 2.23. The number of halogens is 1. The molecule has 1 aliphatic rings. The molecule has 1 aromatic carbocycles. The highest BCUT2D eigenvalue weighted by Crippen LogP contribution is 2.20. The zero-order valence-electron chi connectivity index (χ0n) is 7.28. The molecule has 0 spiro atoms. The van der Waals surface area contributed by atoms with E-state index >= 15 is 0 Å². The van der Waals surface area contributed by atoms with Gasteiger partial charge in [0.1, 0.15) is 0 Å². The van der Waals surface area contributed by atoms with E-state index in [1.54, 1.807) is 0 Å². The van der Waals surface area contributed by atoms with Gasteiger partial charge < -0.3 is 5.11 Å². The van der Waals surface area contributed by atoms with Crippen LogP contribution in [0.4, 0.5) is 0 Å². The number of benzene rings is 1. The van der Waals surface area contributed by atoms with Crippen LogP contribution >= 0.6 is 15.9 Å². The molecule has 2 nitrogen and oxygen atoms in total. The van der Waals surface area contributed by atoms with E-state index in [0.29, 0.717) is 0 Å². The fourth-order valence-corrected chi connectivity index (χ4v) is 1.95. The van der Waals surface area contributed by atoms with Gasteiger partial charge in [-0.2, -0.15) is 0 Å². The molecule has 1 N–H and O–H groups in total. The van der Waals surface area contributed by atoms with Gasteiger partial charge >= 0.3 is 0 Å². The number of nitrogens with zero attached hydrogens (tertiary/aromatic N) is 1. The Kier molecular flexibility index (Phi) is 2.67. The Hall–Kier alpha value is -0.380. The van der Waals surface area contributed by atoms with Gasteiger partial charge in [0.25, 0.3) is 0 Å². The van der Waals surface area contributed by atoms with Gasteiger partial charge in [-0.15, -0.1) is 0 Å². The molecule has 1 heterocycles. The average Bonchev–Trinajstić information content (AvgIpc) is 2.06. The molecule has 0 saturated carbocycles. The van der Waals surface area contributed by atoms with Gasteiger partial charge in [0.2, 0.25) is 0 Å². The highest BCUT2D eigenvalue weighted by Gasteiger charge is 2.24. The first-order valence-corrected chi connectivity index (χ1v) is 5.19. The number of aliphatic hydroxyl groups is 1. The van der Waals surface area contributed by atoms with Crippen LogP contribution in [0.25, 0.3) is 0 Å². The van der Waals surface area contributed by atoms with Gasteiger partial charge in [0, 0.05) is 24.1 Å². The Morgan fingerprint density at radius 1 is 1.38 bits per heavy atom. The quantitative estimate of drug-likeness (QED) is 0.851. The SMILES string of the molecule is OC1CN(Cc2ccccc2Br)C1. The van der Waals surface area contributed by atoms with Crippen molar-refractivity contribution in [2.45, 2.75) is 12.6 Å². The van der Waals surface area contributed by atoms with Gasteiger partial charge in [0.15, 0.2) is 0 Å². The fraction of sp³-hybridized carbons (Fsp3) is 0.400. The molecule has 0 amide bonds. The van der Waals surface area contributed by atoms with Crippen LogP contribution in [0.1, 0.15) is 5.56 Å². The Morgan fingerprint density at radius 2 is 2.08 bits per heavy atom. The maximum absolute atomic E-state index is 9.11. The molecule has 1 saturated heterocycles. The summed E-state index contributed by atoms with van der Waals surface area (Å²) in [6.07, 6.45) is -0.109. The van der Waals surface area contributed by atoms with Crippen molar-refractivity contribution in [2.75, 3.05) is 13.1 Å².